The van der Waals surface area contributed by atoms with Gasteiger partial charge in [0.25, 0.3) is 0 Å². The Morgan fingerprint density at radius 2 is 1.50 bits per heavy atom. The van der Waals surface area contributed by atoms with Crippen molar-refractivity contribution in [2.75, 3.05) is 24.4 Å². The summed E-state index contributed by atoms with van der Waals surface area (Å²) in [6.45, 7) is 4.77. The molecule has 0 amide bonds. The zero-order chi connectivity index (χ0) is 19.5. The van der Waals surface area contributed by atoms with Crippen molar-refractivity contribution in [2.24, 2.45) is 5.92 Å². The third-order valence-corrected chi connectivity index (χ3v) is 6.57. The Balaban J connectivity index is 2.37. The largest absolute Gasteiger partial charge is 0.383 e. The van der Waals surface area contributed by atoms with Gasteiger partial charge < -0.3 is 5.32 Å². The Kier molecular flexibility index (Phi) is 6.13. The van der Waals surface area contributed by atoms with E-state index in [1.54, 1.807) is 0 Å². The Bertz CT molecular complexity index is 966. The summed E-state index contributed by atoms with van der Waals surface area (Å²) in [7, 11) is -7.06. The van der Waals surface area contributed by atoms with E-state index in [4.69, 9.17) is 0 Å². The quantitative estimate of drug-likeness (QED) is 0.778. The molecule has 2 aromatic rings. The molecule has 0 spiro atoms. The van der Waals surface area contributed by atoms with Crippen LogP contribution in [0.25, 0.3) is 0 Å². The van der Waals surface area contributed by atoms with Gasteiger partial charge in [0.05, 0.1) is 15.5 Å². The first kappa shape index (κ1) is 20.5. The number of hydrogen-bond donors (Lipinski definition) is 1. The lowest BCUT2D eigenvalue weighted by molar-refractivity contribution is 0.516. The third kappa shape index (κ3) is 5.08. The van der Waals surface area contributed by atoms with E-state index in [1.165, 1.54) is 23.8 Å². The smallest absolute Gasteiger partial charge is 0.177 e. The minimum Gasteiger partial charge on any atom is -0.383 e. The van der Waals surface area contributed by atoms with Crippen LogP contribution in [0.3, 0.4) is 0 Å². The number of hydrogen-bond acceptors (Lipinski definition) is 5. The van der Waals surface area contributed by atoms with Crippen LogP contribution in [0.2, 0.25) is 0 Å². The van der Waals surface area contributed by atoms with Gasteiger partial charge in [0.1, 0.15) is 0 Å². The molecular weight excluding hydrogens is 370 g/mol. The fraction of sp³-hybridized carbons (Fsp3) is 0.368. The van der Waals surface area contributed by atoms with Crippen LogP contribution in [0.4, 0.5) is 5.69 Å². The van der Waals surface area contributed by atoms with Crippen LogP contribution in [-0.2, 0) is 19.7 Å². The maximum Gasteiger partial charge on any atom is 0.177 e. The Morgan fingerprint density at radius 3 is 2.00 bits per heavy atom. The summed E-state index contributed by atoms with van der Waals surface area (Å²) < 4.78 is 47.8. The molecule has 0 bridgehead atoms. The SMILES string of the molecule is CC(C)[C@@H](CNc1ccc(S(C)(=O)=O)cc1S(C)(=O)=O)c1ccccc1. The fourth-order valence-corrected chi connectivity index (χ4v) is 4.45. The zero-order valence-electron chi connectivity index (χ0n) is 15.4. The molecule has 1 N–H and O–H groups in total. The van der Waals surface area contributed by atoms with Crippen LogP contribution in [0, 0.1) is 5.92 Å². The predicted octanol–water partition coefficient (Wildman–Crippen LogP) is 3.35. The predicted molar refractivity (Wildman–Crippen MR) is 105 cm³/mol. The molecule has 0 aliphatic heterocycles. The summed E-state index contributed by atoms with van der Waals surface area (Å²) in [6.07, 6.45) is 2.14. The van der Waals surface area contributed by atoms with E-state index in [2.05, 4.69) is 31.3 Å². The highest BCUT2D eigenvalue weighted by molar-refractivity contribution is 7.91. The molecule has 2 rings (SSSR count). The van der Waals surface area contributed by atoms with Crippen LogP contribution < -0.4 is 5.32 Å². The molecule has 2 aromatic carbocycles. The molecule has 0 heterocycles. The minimum absolute atomic E-state index is 0.00371. The van der Waals surface area contributed by atoms with E-state index in [0.717, 1.165) is 12.5 Å². The van der Waals surface area contributed by atoms with E-state index in [-0.39, 0.29) is 15.7 Å². The molecule has 0 aliphatic carbocycles. The highest BCUT2D eigenvalue weighted by Crippen LogP contribution is 2.28. The molecular formula is C19H25NO4S2. The molecule has 7 heteroatoms. The molecule has 26 heavy (non-hydrogen) atoms. The first-order valence-corrected chi connectivity index (χ1v) is 12.1. The second-order valence-corrected chi connectivity index (χ2v) is 10.8. The van der Waals surface area contributed by atoms with E-state index >= 15 is 0 Å². The van der Waals surface area contributed by atoms with Crippen LogP contribution in [-0.4, -0.2) is 35.9 Å². The fourth-order valence-electron chi connectivity index (χ4n) is 2.84. The highest BCUT2D eigenvalue weighted by atomic mass is 32.2. The van der Waals surface area contributed by atoms with Gasteiger partial charge in [-0.1, -0.05) is 44.2 Å². The van der Waals surface area contributed by atoms with E-state index < -0.39 is 19.7 Å². The standard InChI is InChI=1S/C19H25NO4S2/c1-14(2)17(15-8-6-5-7-9-15)13-20-18-11-10-16(25(3,21)22)12-19(18)26(4,23)24/h5-12,14,17,20H,13H2,1-4H3/t17-/m1/s1. The van der Waals surface area contributed by atoms with Gasteiger partial charge in [-0.25, -0.2) is 16.8 Å². The van der Waals surface area contributed by atoms with Gasteiger partial charge in [-0.15, -0.1) is 0 Å². The average Bonchev–Trinajstić information content (AvgIpc) is 2.54. The zero-order valence-corrected chi connectivity index (χ0v) is 17.1. The van der Waals surface area contributed by atoms with E-state index in [9.17, 15) is 16.8 Å². The van der Waals surface area contributed by atoms with Gasteiger partial charge in [0, 0.05) is 25.0 Å². The molecule has 142 valence electrons. The van der Waals surface area contributed by atoms with Crippen molar-refractivity contribution in [3.8, 4) is 0 Å². The summed E-state index contributed by atoms with van der Waals surface area (Å²) >= 11 is 0. The van der Waals surface area contributed by atoms with Crippen molar-refractivity contribution in [3.05, 3.63) is 54.1 Å². The molecule has 5 nitrogen and oxygen atoms in total. The minimum atomic E-state index is -3.58. The third-order valence-electron chi connectivity index (χ3n) is 4.33. The number of nitrogens with one attached hydrogen (secondary N) is 1. The van der Waals surface area contributed by atoms with Crippen LogP contribution in [0.5, 0.6) is 0 Å². The number of benzene rings is 2. The van der Waals surface area contributed by atoms with Crippen LogP contribution in [0.1, 0.15) is 25.3 Å². The normalized spacial score (nSPS) is 13.6. The lowest BCUT2D eigenvalue weighted by Gasteiger charge is -2.23. The van der Waals surface area contributed by atoms with E-state index in [1.807, 2.05) is 18.2 Å². The van der Waals surface area contributed by atoms with Gasteiger partial charge in [-0.3, -0.25) is 0 Å². The summed E-state index contributed by atoms with van der Waals surface area (Å²) in [5, 5.41) is 3.20. The maximum atomic E-state index is 12.1. The van der Waals surface area contributed by atoms with Crippen LogP contribution >= 0.6 is 0 Å². The molecule has 0 radical (unpaired) electrons. The van der Waals surface area contributed by atoms with Gasteiger partial charge in [0.2, 0.25) is 0 Å². The second kappa shape index (κ2) is 7.80. The molecule has 0 aromatic heterocycles. The first-order valence-electron chi connectivity index (χ1n) is 8.33. The van der Waals surface area contributed by atoms with Crippen molar-refractivity contribution in [3.63, 3.8) is 0 Å². The molecule has 0 saturated carbocycles. The number of rotatable bonds is 7. The monoisotopic (exact) mass is 395 g/mol. The number of sulfone groups is 2. The van der Waals surface area contributed by atoms with Crippen molar-refractivity contribution in [1.82, 2.24) is 0 Å². The molecule has 0 fully saturated rings. The molecule has 1 atom stereocenters. The van der Waals surface area contributed by atoms with Crippen molar-refractivity contribution in [2.45, 2.75) is 29.6 Å². The Morgan fingerprint density at radius 1 is 0.885 bits per heavy atom. The van der Waals surface area contributed by atoms with Gasteiger partial charge in [0.15, 0.2) is 19.7 Å². The Labute approximate surface area is 156 Å². The second-order valence-electron chi connectivity index (χ2n) is 6.84. The summed E-state index contributed by atoms with van der Waals surface area (Å²) in [5.74, 6) is 0.542. The summed E-state index contributed by atoms with van der Waals surface area (Å²) in [6, 6.07) is 14.2. The topological polar surface area (TPSA) is 80.3 Å². The number of anilines is 1. The lowest BCUT2D eigenvalue weighted by Crippen LogP contribution is -2.19. The lowest BCUT2D eigenvalue weighted by atomic mass is 9.88. The summed E-state index contributed by atoms with van der Waals surface area (Å²) in [5.41, 5.74) is 1.59. The van der Waals surface area contributed by atoms with Gasteiger partial charge in [-0.05, 0) is 29.7 Å². The van der Waals surface area contributed by atoms with E-state index in [0.29, 0.717) is 18.2 Å². The van der Waals surface area contributed by atoms with Gasteiger partial charge >= 0.3 is 0 Å². The van der Waals surface area contributed by atoms with Gasteiger partial charge in [-0.2, -0.15) is 0 Å². The Hall–Kier alpha value is -1.86. The first-order chi connectivity index (χ1) is 12.0. The van der Waals surface area contributed by atoms with Crippen molar-refractivity contribution in [1.29, 1.82) is 0 Å². The van der Waals surface area contributed by atoms with Crippen molar-refractivity contribution < 1.29 is 16.8 Å². The van der Waals surface area contributed by atoms with Crippen molar-refractivity contribution >= 4 is 25.4 Å². The molecule has 0 unspecified atom stereocenters. The average molecular weight is 396 g/mol. The molecule has 0 saturated heterocycles. The molecule has 0 aliphatic rings. The maximum absolute atomic E-state index is 12.1. The summed E-state index contributed by atoms with van der Waals surface area (Å²) in [4.78, 5) is -0.0112. The van der Waals surface area contributed by atoms with Crippen LogP contribution in [0.15, 0.2) is 58.3 Å². The highest BCUT2D eigenvalue weighted by Gasteiger charge is 2.20.